The summed E-state index contributed by atoms with van der Waals surface area (Å²) < 4.78 is 17.8. The van der Waals surface area contributed by atoms with Crippen LogP contribution in [0.2, 0.25) is 5.02 Å². The number of hydrogen-bond donors (Lipinski definition) is 3. The number of carboxylic acid groups (broad SMARTS) is 2. The maximum absolute atomic E-state index is 12.8. The highest BCUT2D eigenvalue weighted by molar-refractivity contribution is 6.32. The molecule has 1 atom stereocenters. The van der Waals surface area contributed by atoms with Gasteiger partial charge in [0.05, 0.1) is 11.4 Å². The van der Waals surface area contributed by atoms with Crippen molar-refractivity contribution in [2.45, 2.75) is 12.5 Å². The molecule has 0 aliphatic heterocycles. The Hall–Kier alpha value is -2.35. The third-order valence-electron chi connectivity index (χ3n) is 2.26. The SMILES string of the molecule is O=C(O)C[C@H](NC(=O)COc1ccc(F)cc1Cl)C(=O)O. The summed E-state index contributed by atoms with van der Waals surface area (Å²) in [4.78, 5) is 32.7. The molecule has 0 spiro atoms. The molecule has 3 N–H and O–H groups in total. The van der Waals surface area contributed by atoms with Crippen molar-refractivity contribution in [3.63, 3.8) is 0 Å². The minimum atomic E-state index is -1.57. The van der Waals surface area contributed by atoms with E-state index in [2.05, 4.69) is 0 Å². The fourth-order valence-corrected chi connectivity index (χ4v) is 1.57. The second-order valence-electron chi connectivity index (χ2n) is 3.92. The van der Waals surface area contributed by atoms with Gasteiger partial charge in [0.15, 0.2) is 6.61 Å². The van der Waals surface area contributed by atoms with Crippen LogP contribution in [-0.4, -0.2) is 40.7 Å². The quantitative estimate of drug-likeness (QED) is 0.688. The van der Waals surface area contributed by atoms with Crippen molar-refractivity contribution in [1.82, 2.24) is 5.32 Å². The Morgan fingerprint density at radius 1 is 1.33 bits per heavy atom. The Balaban J connectivity index is 2.56. The summed E-state index contributed by atoms with van der Waals surface area (Å²) in [6, 6.07) is 1.70. The first-order valence-electron chi connectivity index (χ1n) is 5.61. The van der Waals surface area contributed by atoms with Gasteiger partial charge >= 0.3 is 11.9 Å². The van der Waals surface area contributed by atoms with Crippen molar-refractivity contribution < 1.29 is 33.7 Å². The fourth-order valence-electron chi connectivity index (χ4n) is 1.35. The maximum Gasteiger partial charge on any atom is 0.326 e. The van der Waals surface area contributed by atoms with Crippen LogP contribution in [0.1, 0.15) is 6.42 Å². The molecule has 0 bridgehead atoms. The minimum absolute atomic E-state index is 0.0401. The molecule has 0 aliphatic rings. The largest absolute Gasteiger partial charge is 0.482 e. The van der Waals surface area contributed by atoms with E-state index in [0.717, 1.165) is 12.1 Å². The Morgan fingerprint density at radius 3 is 2.52 bits per heavy atom. The Morgan fingerprint density at radius 2 is 2.00 bits per heavy atom. The second kappa shape index (κ2) is 7.44. The summed E-state index contributed by atoms with van der Waals surface area (Å²) in [7, 11) is 0. The molecular weight excluding hydrogens is 309 g/mol. The predicted octanol–water partition coefficient (Wildman–Crippen LogP) is 0.902. The summed E-state index contributed by atoms with van der Waals surface area (Å²) in [6.45, 7) is -0.589. The van der Waals surface area contributed by atoms with Gasteiger partial charge in [0.2, 0.25) is 0 Å². The fraction of sp³-hybridized carbons (Fsp3) is 0.250. The number of rotatable bonds is 7. The van der Waals surface area contributed by atoms with Gasteiger partial charge in [-0.2, -0.15) is 0 Å². The third-order valence-corrected chi connectivity index (χ3v) is 2.56. The first-order chi connectivity index (χ1) is 9.79. The zero-order valence-corrected chi connectivity index (χ0v) is 11.3. The van der Waals surface area contributed by atoms with Crippen LogP contribution in [0.25, 0.3) is 0 Å². The molecule has 0 saturated carbocycles. The van der Waals surface area contributed by atoms with Gasteiger partial charge in [-0.1, -0.05) is 11.6 Å². The van der Waals surface area contributed by atoms with Crippen LogP contribution in [0.15, 0.2) is 18.2 Å². The highest BCUT2D eigenvalue weighted by Crippen LogP contribution is 2.24. The number of nitrogens with one attached hydrogen (secondary N) is 1. The van der Waals surface area contributed by atoms with Crippen LogP contribution >= 0.6 is 11.6 Å². The molecule has 1 aromatic rings. The molecule has 114 valence electrons. The van der Waals surface area contributed by atoms with E-state index in [1.54, 1.807) is 0 Å². The molecule has 1 amide bonds. The van der Waals surface area contributed by atoms with Gasteiger partial charge in [-0.25, -0.2) is 9.18 Å². The number of carboxylic acids is 2. The molecule has 0 saturated heterocycles. The van der Waals surface area contributed by atoms with Crippen molar-refractivity contribution >= 4 is 29.4 Å². The summed E-state index contributed by atoms with van der Waals surface area (Å²) in [5.74, 6) is -4.23. The average molecular weight is 320 g/mol. The Labute approximate surface area is 123 Å². The van der Waals surface area contributed by atoms with Crippen molar-refractivity contribution in [1.29, 1.82) is 0 Å². The number of benzene rings is 1. The molecule has 1 aromatic carbocycles. The molecule has 0 unspecified atom stereocenters. The first-order valence-corrected chi connectivity index (χ1v) is 5.99. The number of amides is 1. The number of carbonyl (C=O) groups excluding carboxylic acids is 1. The maximum atomic E-state index is 12.8. The highest BCUT2D eigenvalue weighted by Gasteiger charge is 2.23. The van der Waals surface area contributed by atoms with Crippen LogP contribution in [0.5, 0.6) is 5.75 Å². The lowest BCUT2D eigenvalue weighted by Crippen LogP contribution is -2.44. The van der Waals surface area contributed by atoms with Crippen molar-refractivity contribution in [2.24, 2.45) is 0 Å². The van der Waals surface area contributed by atoms with Gasteiger partial charge in [0.1, 0.15) is 17.6 Å². The van der Waals surface area contributed by atoms with Crippen molar-refractivity contribution in [3.05, 3.63) is 29.0 Å². The van der Waals surface area contributed by atoms with E-state index in [0.29, 0.717) is 0 Å². The summed E-state index contributed by atoms with van der Waals surface area (Å²) in [6.07, 6.45) is -0.765. The van der Waals surface area contributed by atoms with Crippen molar-refractivity contribution in [3.8, 4) is 5.75 Å². The van der Waals surface area contributed by atoms with Crippen molar-refractivity contribution in [2.75, 3.05) is 6.61 Å². The van der Waals surface area contributed by atoms with Crippen LogP contribution in [0, 0.1) is 5.82 Å². The molecule has 21 heavy (non-hydrogen) atoms. The molecule has 0 aliphatic carbocycles. The number of carbonyl (C=O) groups is 3. The Bertz CT molecular complexity index is 565. The van der Waals surface area contributed by atoms with Crippen LogP contribution in [-0.2, 0) is 14.4 Å². The van der Waals surface area contributed by atoms with Crippen LogP contribution < -0.4 is 10.1 Å². The normalized spacial score (nSPS) is 11.5. The topological polar surface area (TPSA) is 113 Å². The summed E-state index contributed by atoms with van der Waals surface area (Å²) >= 11 is 5.67. The van der Waals surface area contributed by atoms with E-state index in [4.69, 9.17) is 26.6 Å². The molecule has 0 fully saturated rings. The molecule has 0 aromatic heterocycles. The van der Waals surface area contributed by atoms with E-state index in [1.807, 2.05) is 5.32 Å². The molecule has 0 radical (unpaired) electrons. The average Bonchev–Trinajstić information content (AvgIpc) is 2.36. The summed E-state index contributed by atoms with van der Waals surface area (Å²) in [5.41, 5.74) is 0. The lowest BCUT2D eigenvalue weighted by Gasteiger charge is -2.13. The standard InChI is InChI=1S/C12H11ClFNO6/c13-7-3-6(14)1-2-9(7)21-5-10(16)15-8(12(19)20)4-11(17)18/h1-3,8H,4-5H2,(H,15,16)(H,17,18)(H,19,20)/t8-/m0/s1. The lowest BCUT2D eigenvalue weighted by molar-refractivity contribution is -0.147. The van der Waals surface area contributed by atoms with Gasteiger partial charge in [-0.05, 0) is 18.2 Å². The van der Waals surface area contributed by atoms with Gasteiger partial charge in [-0.15, -0.1) is 0 Å². The number of halogens is 2. The van der Waals surface area contributed by atoms with Gasteiger partial charge in [0.25, 0.3) is 5.91 Å². The second-order valence-corrected chi connectivity index (χ2v) is 4.33. The molecule has 7 nitrogen and oxygen atoms in total. The predicted molar refractivity (Wildman–Crippen MR) is 68.7 cm³/mol. The minimum Gasteiger partial charge on any atom is -0.482 e. The first kappa shape index (κ1) is 16.7. The molecule has 1 rings (SSSR count). The van der Waals surface area contributed by atoms with E-state index in [1.165, 1.54) is 6.07 Å². The smallest absolute Gasteiger partial charge is 0.326 e. The number of hydrogen-bond acceptors (Lipinski definition) is 4. The zero-order valence-electron chi connectivity index (χ0n) is 10.5. The third kappa shape index (κ3) is 5.65. The number of aliphatic carboxylic acids is 2. The van der Waals surface area contributed by atoms with E-state index < -0.39 is 42.7 Å². The van der Waals surface area contributed by atoms with Crippen LogP contribution in [0.4, 0.5) is 4.39 Å². The van der Waals surface area contributed by atoms with E-state index in [9.17, 15) is 18.8 Å². The molecule has 0 heterocycles. The molecule has 9 heteroatoms. The molecular formula is C12H11ClFNO6. The number of ether oxygens (including phenoxy) is 1. The Kier molecular flexibility index (Phi) is 5.92. The van der Waals surface area contributed by atoms with Gasteiger partial charge in [0, 0.05) is 0 Å². The van der Waals surface area contributed by atoms with E-state index in [-0.39, 0.29) is 10.8 Å². The van der Waals surface area contributed by atoms with Crippen LogP contribution in [0.3, 0.4) is 0 Å². The van der Waals surface area contributed by atoms with Gasteiger partial charge < -0.3 is 20.3 Å². The van der Waals surface area contributed by atoms with E-state index >= 15 is 0 Å². The van der Waals surface area contributed by atoms with Gasteiger partial charge in [-0.3, -0.25) is 9.59 Å². The summed E-state index contributed by atoms with van der Waals surface area (Å²) in [5, 5.41) is 19.2. The lowest BCUT2D eigenvalue weighted by atomic mass is 10.2. The highest BCUT2D eigenvalue weighted by atomic mass is 35.5. The zero-order chi connectivity index (χ0) is 16.0. The monoisotopic (exact) mass is 319 g/mol.